The van der Waals surface area contributed by atoms with Crippen molar-refractivity contribution in [1.82, 2.24) is 10.3 Å². The molecule has 0 aliphatic heterocycles. The lowest BCUT2D eigenvalue weighted by Gasteiger charge is -2.19. The third kappa shape index (κ3) is 2.59. The SMILES string of the molecule is O=C(NC1CC=CCC1)c1ccc(=O)[nH]c1. The highest BCUT2D eigenvalue weighted by Gasteiger charge is 2.13. The zero-order valence-electron chi connectivity index (χ0n) is 8.90. The number of H-pyrrole nitrogens is 1. The molecule has 4 nitrogen and oxygen atoms in total. The number of hydrogen-bond donors (Lipinski definition) is 2. The maximum atomic E-state index is 11.8. The van der Waals surface area contributed by atoms with E-state index in [1.165, 1.54) is 18.3 Å². The number of aromatic amines is 1. The Morgan fingerprint density at radius 2 is 2.25 bits per heavy atom. The van der Waals surface area contributed by atoms with Gasteiger partial charge in [-0.2, -0.15) is 0 Å². The molecule has 0 fully saturated rings. The summed E-state index contributed by atoms with van der Waals surface area (Å²) in [5, 5.41) is 2.94. The van der Waals surface area contributed by atoms with Gasteiger partial charge in [0.05, 0.1) is 5.56 Å². The maximum absolute atomic E-state index is 11.8. The monoisotopic (exact) mass is 218 g/mol. The van der Waals surface area contributed by atoms with E-state index in [2.05, 4.69) is 22.5 Å². The van der Waals surface area contributed by atoms with E-state index in [0.717, 1.165) is 19.3 Å². The quantitative estimate of drug-likeness (QED) is 0.733. The molecule has 0 aromatic carbocycles. The smallest absolute Gasteiger partial charge is 0.252 e. The van der Waals surface area contributed by atoms with E-state index < -0.39 is 0 Å². The summed E-state index contributed by atoms with van der Waals surface area (Å²) in [5.41, 5.74) is 0.298. The third-order valence-electron chi connectivity index (χ3n) is 2.65. The van der Waals surface area contributed by atoms with Crippen molar-refractivity contribution in [2.45, 2.75) is 25.3 Å². The van der Waals surface area contributed by atoms with Gasteiger partial charge in [-0.25, -0.2) is 0 Å². The Bertz CT molecular complexity index is 442. The van der Waals surface area contributed by atoms with Crippen LogP contribution in [0.25, 0.3) is 0 Å². The molecule has 0 bridgehead atoms. The molecule has 2 N–H and O–H groups in total. The van der Waals surface area contributed by atoms with Crippen LogP contribution in [0, 0.1) is 0 Å². The molecule has 84 valence electrons. The van der Waals surface area contributed by atoms with Crippen molar-refractivity contribution in [2.24, 2.45) is 0 Å². The Hall–Kier alpha value is -1.84. The summed E-state index contributed by atoms with van der Waals surface area (Å²) in [4.78, 5) is 25.1. The summed E-state index contributed by atoms with van der Waals surface area (Å²) in [6.45, 7) is 0. The summed E-state index contributed by atoms with van der Waals surface area (Å²) < 4.78 is 0. The number of aromatic nitrogens is 1. The van der Waals surface area contributed by atoms with Gasteiger partial charge < -0.3 is 10.3 Å². The molecule has 1 aromatic rings. The second-order valence-corrected chi connectivity index (χ2v) is 3.90. The van der Waals surface area contributed by atoms with Crippen LogP contribution in [-0.2, 0) is 0 Å². The average molecular weight is 218 g/mol. The highest BCUT2D eigenvalue weighted by atomic mass is 16.2. The normalized spacial score (nSPS) is 19.4. The van der Waals surface area contributed by atoms with Crippen LogP contribution in [0.3, 0.4) is 0 Å². The minimum atomic E-state index is -0.197. The van der Waals surface area contributed by atoms with Crippen molar-refractivity contribution < 1.29 is 4.79 Å². The van der Waals surface area contributed by atoms with Gasteiger partial charge in [0.15, 0.2) is 0 Å². The summed E-state index contributed by atoms with van der Waals surface area (Å²) in [5.74, 6) is -0.128. The van der Waals surface area contributed by atoms with Gasteiger partial charge in [-0.15, -0.1) is 0 Å². The van der Waals surface area contributed by atoms with Crippen molar-refractivity contribution in [3.05, 3.63) is 46.4 Å². The first-order valence-electron chi connectivity index (χ1n) is 5.40. The van der Waals surface area contributed by atoms with Crippen molar-refractivity contribution in [2.75, 3.05) is 0 Å². The van der Waals surface area contributed by atoms with E-state index in [1.807, 2.05) is 0 Å². The lowest BCUT2D eigenvalue weighted by molar-refractivity contribution is 0.0934. The van der Waals surface area contributed by atoms with Crippen molar-refractivity contribution in [3.63, 3.8) is 0 Å². The summed E-state index contributed by atoms with van der Waals surface area (Å²) in [6.07, 6.45) is 8.53. The van der Waals surface area contributed by atoms with Gasteiger partial charge >= 0.3 is 0 Å². The van der Waals surface area contributed by atoms with E-state index in [1.54, 1.807) is 0 Å². The van der Waals surface area contributed by atoms with Gasteiger partial charge in [0, 0.05) is 18.3 Å². The first-order valence-corrected chi connectivity index (χ1v) is 5.40. The Kier molecular flexibility index (Phi) is 3.19. The fourth-order valence-corrected chi connectivity index (χ4v) is 1.75. The number of hydrogen-bond acceptors (Lipinski definition) is 2. The van der Waals surface area contributed by atoms with Gasteiger partial charge in [0.1, 0.15) is 0 Å². The predicted molar refractivity (Wildman–Crippen MR) is 61.3 cm³/mol. The average Bonchev–Trinajstić information content (AvgIpc) is 2.31. The fraction of sp³-hybridized carbons (Fsp3) is 0.333. The second kappa shape index (κ2) is 4.79. The number of carbonyl (C=O) groups is 1. The molecule has 1 unspecified atom stereocenters. The van der Waals surface area contributed by atoms with Gasteiger partial charge in [0.2, 0.25) is 5.56 Å². The number of amides is 1. The molecular weight excluding hydrogens is 204 g/mol. The summed E-state index contributed by atoms with van der Waals surface area (Å²) in [6, 6.07) is 3.10. The number of nitrogens with one attached hydrogen (secondary N) is 2. The first kappa shape index (κ1) is 10.7. The van der Waals surface area contributed by atoms with Gasteiger partial charge in [0.25, 0.3) is 5.91 Å². The first-order chi connectivity index (χ1) is 7.75. The lowest BCUT2D eigenvalue weighted by Crippen LogP contribution is -2.35. The summed E-state index contributed by atoms with van der Waals surface area (Å²) in [7, 11) is 0. The molecule has 0 spiro atoms. The highest BCUT2D eigenvalue weighted by molar-refractivity contribution is 5.94. The highest BCUT2D eigenvalue weighted by Crippen LogP contribution is 2.11. The van der Waals surface area contributed by atoms with E-state index in [0.29, 0.717) is 5.56 Å². The van der Waals surface area contributed by atoms with E-state index >= 15 is 0 Å². The molecule has 1 aliphatic rings. The Morgan fingerprint density at radius 3 is 2.88 bits per heavy atom. The van der Waals surface area contributed by atoms with Crippen LogP contribution in [0.5, 0.6) is 0 Å². The number of rotatable bonds is 2. The molecule has 1 aromatic heterocycles. The number of pyridine rings is 1. The molecule has 1 heterocycles. The predicted octanol–water partition coefficient (Wildman–Crippen LogP) is 1.21. The molecular formula is C12H14N2O2. The van der Waals surface area contributed by atoms with E-state index in [9.17, 15) is 9.59 Å². The topological polar surface area (TPSA) is 62.0 Å². The molecule has 0 saturated carbocycles. The van der Waals surface area contributed by atoms with Crippen LogP contribution in [-0.4, -0.2) is 16.9 Å². The number of allylic oxidation sites excluding steroid dienone is 1. The molecule has 1 atom stereocenters. The summed E-state index contributed by atoms with van der Waals surface area (Å²) >= 11 is 0. The zero-order valence-corrected chi connectivity index (χ0v) is 8.90. The molecule has 1 aliphatic carbocycles. The van der Waals surface area contributed by atoms with E-state index in [-0.39, 0.29) is 17.5 Å². The molecule has 16 heavy (non-hydrogen) atoms. The molecule has 1 amide bonds. The largest absolute Gasteiger partial charge is 0.349 e. The van der Waals surface area contributed by atoms with Gasteiger partial charge in [-0.3, -0.25) is 9.59 Å². The number of carbonyl (C=O) groups excluding carboxylic acids is 1. The minimum Gasteiger partial charge on any atom is -0.349 e. The van der Waals surface area contributed by atoms with Crippen LogP contribution in [0.1, 0.15) is 29.6 Å². The fourth-order valence-electron chi connectivity index (χ4n) is 1.75. The maximum Gasteiger partial charge on any atom is 0.252 e. The molecule has 0 saturated heterocycles. The van der Waals surface area contributed by atoms with Crippen LogP contribution in [0.15, 0.2) is 35.3 Å². The molecule has 4 heteroatoms. The van der Waals surface area contributed by atoms with Gasteiger partial charge in [-0.1, -0.05) is 12.2 Å². The van der Waals surface area contributed by atoms with Gasteiger partial charge in [-0.05, 0) is 25.3 Å². The van der Waals surface area contributed by atoms with Crippen molar-refractivity contribution >= 4 is 5.91 Å². The Balaban J connectivity index is 1.99. The Morgan fingerprint density at radius 1 is 1.38 bits per heavy atom. The minimum absolute atomic E-state index is 0.128. The van der Waals surface area contributed by atoms with Crippen LogP contribution in [0.4, 0.5) is 0 Å². The van der Waals surface area contributed by atoms with Crippen LogP contribution < -0.4 is 10.9 Å². The van der Waals surface area contributed by atoms with Crippen LogP contribution in [0.2, 0.25) is 0 Å². The van der Waals surface area contributed by atoms with Crippen molar-refractivity contribution in [1.29, 1.82) is 0 Å². The Labute approximate surface area is 93.4 Å². The zero-order chi connectivity index (χ0) is 11.4. The molecule has 0 radical (unpaired) electrons. The molecule has 2 rings (SSSR count). The lowest BCUT2D eigenvalue weighted by atomic mass is 10.0. The third-order valence-corrected chi connectivity index (χ3v) is 2.65. The second-order valence-electron chi connectivity index (χ2n) is 3.90. The van der Waals surface area contributed by atoms with E-state index in [4.69, 9.17) is 0 Å². The van der Waals surface area contributed by atoms with Crippen molar-refractivity contribution in [3.8, 4) is 0 Å². The standard InChI is InChI=1S/C12H14N2O2/c15-11-7-6-9(8-13-11)12(16)14-10-4-2-1-3-5-10/h1-2,6-8,10H,3-5H2,(H,13,15)(H,14,16). The van der Waals surface area contributed by atoms with Crippen LogP contribution >= 0.6 is 0 Å².